The lowest BCUT2D eigenvalue weighted by Gasteiger charge is -2.39. The van der Waals surface area contributed by atoms with Gasteiger partial charge in [-0.25, -0.2) is 14.4 Å². The van der Waals surface area contributed by atoms with E-state index in [1.165, 1.54) is 10.5 Å². The van der Waals surface area contributed by atoms with E-state index in [1.54, 1.807) is 18.9 Å². The van der Waals surface area contributed by atoms with E-state index in [2.05, 4.69) is 36.3 Å². The lowest BCUT2D eigenvalue weighted by Crippen LogP contribution is -2.55. The number of nitrogens with zero attached hydrogens (tertiary/aromatic N) is 3. The van der Waals surface area contributed by atoms with Gasteiger partial charge >= 0.3 is 18.0 Å². The second-order valence-corrected chi connectivity index (χ2v) is 10.8. The minimum Gasteiger partial charge on any atom is -0.463 e. The van der Waals surface area contributed by atoms with Gasteiger partial charge in [0.25, 0.3) is 0 Å². The summed E-state index contributed by atoms with van der Waals surface area (Å²) >= 11 is 0. The summed E-state index contributed by atoms with van der Waals surface area (Å²) in [6.45, 7) is 15.2. The average molecular weight is 500 g/mol. The fourth-order valence-corrected chi connectivity index (χ4v) is 4.48. The molecule has 4 amide bonds. The highest BCUT2D eigenvalue weighted by molar-refractivity contribution is 5.95. The van der Waals surface area contributed by atoms with Gasteiger partial charge in [0, 0.05) is 51.5 Å². The van der Waals surface area contributed by atoms with Crippen LogP contribution in [0.5, 0.6) is 0 Å². The van der Waals surface area contributed by atoms with Crippen LogP contribution in [0.1, 0.15) is 58.7 Å². The van der Waals surface area contributed by atoms with Gasteiger partial charge in [0.2, 0.25) is 0 Å². The number of piperazine rings is 1. The largest absolute Gasteiger partial charge is 0.463 e. The normalized spacial score (nSPS) is 19.4. The van der Waals surface area contributed by atoms with Gasteiger partial charge in [0.1, 0.15) is 0 Å². The van der Waals surface area contributed by atoms with Gasteiger partial charge in [-0.3, -0.25) is 9.80 Å². The van der Waals surface area contributed by atoms with Crippen LogP contribution in [0.2, 0.25) is 0 Å². The van der Waals surface area contributed by atoms with Crippen LogP contribution in [0.3, 0.4) is 0 Å². The molecule has 0 spiro atoms. The molecule has 0 unspecified atom stereocenters. The van der Waals surface area contributed by atoms with Crippen LogP contribution in [0.4, 0.5) is 9.59 Å². The highest BCUT2D eigenvalue weighted by Gasteiger charge is 2.38. The number of carbonyl (C=O) groups excluding carboxylic acids is 3. The van der Waals surface area contributed by atoms with Crippen LogP contribution in [0, 0.1) is 0 Å². The van der Waals surface area contributed by atoms with Crippen molar-refractivity contribution in [3.63, 3.8) is 0 Å². The van der Waals surface area contributed by atoms with Gasteiger partial charge in [0.15, 0.2) is 0 Å². The SMILES string of the molecule is CCOC(=O)C1=C(CN2CCN(C(=O)NC(C)C)CC2)N(C)C(=O)N[C@@H]1c1ccc(C(C)(C)C)cc1. The van der Waals surface area contributed by atoms with Crippen molar-refractivity contribution >= 4 is 18.0 Å². The molecule has 0 radical (unpaired) electrons. The Labute approximate surface area is 214 Å². The van der Waals surface area contributed by atoms with E-state index < -0.39 is 12.0 Å². The summed E-state index contributed by atoms with van der Waals surface area (Å²) < 4.78 is 5.45. The molecule has 0 saturated carbocycles. The summed E-state index contributed by atoms with van der Waals surface area (Å²) in [7, 11) is 1.68. The molecule has 0 bridgehead atoms. The predicted octanol–water partition coefficient (Wildman–Crippen LogP) is 3.23. The molecule has 3 rings (SSSR count). The molecule has 1 aromatic rings. The lowest BCUT2D eigenvalue weighted by atomic mass is 9.85. The quantitative estimate of drug-likeness (QED) is 0.586. The highest BCUT2D eigenvalue weighted by atomic mass is 16.5. The third-order valence-electron chi connectivity index (χ3n) is 6.63. The van der Waals surface area contributed by atoms with Gasteiger partial charge in [0.05, 0.1) is 18.2 Å². The molecule has 0 aromatic heterocycles. The number of benzene rings is 1. The van der Waals surface area contributed by atoms with E-state index in [-0.39, 0.29) is 30.1 Å². The fraction of sp³-hybridized carbons (Fsp3) is 0.593. The number of hydrogen-bond acceptors (Lipinski definition) is 5. The number of urea groups is 2. The first-order valence-electron chi connectivity index (χ1n) is 12.7. The molecule has 2 heterocycles. The maximum atomic E-state index is 13.2. The first-order chi connectivity index (χ1) is 16.9. The summed E-state index contributed by atoms with van der Waals surface area (Å²) in [5, 5.41) is 5.92. The van der Waals surface area contributed by atoms with Crippen molar-refractivity contribution in [1.82, 2.24) is 25.3 Å². The smallest absolute Gasteiger partial charge is 0.338 e. The predicted molar refractivity (Wildman–Crippen MR) is 140 cm³/mol. The third kappa shape index (κ3) is 6.37. The minimum absolute atomic E-state index is 0.00620. The summed E-state index contributed by atoms with van der Waals surface area (Å²) in [5.74, 6) is -0.431. The molecule has 36 heavy (non-hydrogen) atoms. The van der Waals surface area contributed by atoms with E-state index in [4.69, 9.17) is 4.74 Å². The molecule has 1 fully saturated rings. The van der Waals surface area contributed by atoms with E-state index in [0.717, 1.165) is 5.56 Å². The Bertz CT molecular complexity index is 988. The molecular formula is C27H41N5O4. The number of nitrogens with one attached hydrogen (secondary N) is 2. The van der Waals surface area contributed by atoms with Crippen molar-refractivity contribution < 1.29 is 19.1 Å². The molecule has 1 saturated heterocycles. The zero-order valence-corrected chi connectivity index (χ0v) is 22.7. The molecule has 0 aliphatic carbocycles. The number of amides is 4. The number of esters is 1. The van der Waals surface area contributed by atoms with Crippen LogP contribution in [0.25, 0.3) is 0 Å². The van der Waals surface area contributed by atoms with Gasteiger partial charge in [-0.05, 0) is 37.3 Å². The summed E-state index contributed by atoms with van der Waals surface area (Å²) in [6, 6.07) is 7.18. The monoisotopic (exact) mass is 499 g/mol. The Hall–Kier alpha value is -3.07. The molecule has 2 aliphatic rings. The van der Waals surface area contributed by atoms with Crippen molar-refractivity contribution in [2.75, 3.05) is 46.4 Å². The van der Waals surface area contributed by atoms with Crippen molar-refractivity contribution in [2.45, 2.75) is 59.0 Å². The van der Waals surface area contributed by atoms with E-state index >= 15 is 0 Å². The lowest BCUT2D eigenvalue weighted by molar-refractivity contribution is -0.139. The van der Waals surface area contributed by atoms with Gasteiger partial charge in [-0.15, -0.1) is 0 Å². The van der Waals surface area contributed by atoms with E-state index in [0.29, 0.717) is 44.0 Å². The van der Waals surface area contributed by atoms with Crippen molar-refractivity contribution in [3.05, 3.63) is 46.7 Å². The zero-order chi connectivity index (χ0) is 26.6. The Morgan fingerprint density at radius 3 is 2.25 bits per heavy atom. The van der Waals surface area contributed by atoms with Gasteiger partial charge < -0.3 is 20.3 Å². The van der Waals surface area contributed by atoms with Crippen molar-refractivity contribution in [3.8, 4) is 0 Å². The Morgan fingerprint density at radius 1 is 1.11 bits per heavy atom. The van der Waals surface area contributed by atoms with Gasteiger partial charge in [-0.2, -0.15) is 0 Å². The van der Waals surface area contributed by atoms with E-state index in [9.17, 15) is 14.4 Å². The van der Waals surface area contributed by atoms with Crippen LogP contribution >= 0.6 is 0 Å². The van der Waals surface area contributed by atoms with Crippen LogP contribution in [-0.4, -0.2) is 85.2 Å². The Balaban J connectivity index is 1.89. The number of hydrogen-bond donors (Lipinski definition) is 2. The number of likely N-dealkylation sites (N-methyl/N-ethyl adjacent to an activating group) is 1. The van der Waals surface area contributed by atoms with Crippen molar-refractivity contribution in [1.29, 1.82) is 0 Å². The fourth-order valence-electron chi connectivity index (χ4n) is 4.48. The molecule has 2 aliphatic heterocycles. The summed E-state index contributed by atoms with van der Waals surface area (Å²) in [5.41, 5.74) is 3.07. The maximum absolute atomic E-state index is 13.2. The molecule has 9 heteroatoms. The van der Waals surface area contributed by atoms with Crippen molar-refractivity contribution in [2.24, 2.45) is 0 Å². The second-order valence-electron chi connectivity index (χ2n) is 10.8. The first-order valence-corrected chi connectivity index (χ1v) is 12.7. The summed E-state index contributed by atoms with van der Waals surface area (Å²) in [4.78, 5) is 44.0. The molecule has 1 atom stereocenters. The van der Waals surface area contributed by atoms with Crippen LogP contribution < -0.4 is 10.6 Å². The van der Waals surface area contributed by atoms with Gasteiger partial charge in [-0.1, -0.05) is 45.0 Å². The topological polar surface area (TPSA) is 94.2 Å². The first kappa shape index (κ1) is 27.5. The standard InChI is InChI=1S/C27H41N5O4/c1-8-36-24(33)22-21(17-31-13-15-32(16-14-31)26(35)28-18(2)3)30(7)25(34)29-23(22)19-9-11-20(12-10-19)27(4,5)6/h9-12,18,23H,8,13-17H2,1-7H3,(H,28,35)(H,29,34)/t23-/m1/s1. The average Bonchev–Trinajstić information content (AvgIpc) is 2.81. The molecular weight excluding hydrogens is 458 g/mol. The Kier molecular flexibility index (Phi) is 8.66. The highest BCUT2D eigenvalue weighted by Crippen LogP contribution is 2.33. The zero-order valence-electron chi connectivity index (χ0n) is 22.7. The van der Waals surface area contributed by atoms with E-state index in [1.807, 2.05) is 38.1 Å². The number of rotatable bonds is 6. The van der Waals surface area contributed by atoms with Crippen LogP contribution in [-0.2, 0) is 14.9 Å². The third-order valence-corrected chi connectivity index (χ3v) is 6.63. The molecule has 2 N–H and O–H groups in total. The van der Waals surface area contributed by atoms with Crippen LogP contribution in [0.15, 0.2) is 35.5 Å². The molecule has 1 aromatic carbocycles. The second kappa shape index (κ2) is 11.3. The maximum Gasteiger partial charge on any atom is 0.338 e. The number of ether oxygens (including phenoxy) is 1. The molecule has 9 nitrogen and oxygen atoms in total. The summed E-state index contributed by atoms with van der Waals surface area (Å²) in [6.07, 6.45) is 0. The molecule has 198 valence electrons. The Morgan fingerprint density at radius 2 is 1.72 bits per heavy atom. The minimum atomic E-state index is -0.602. The number of carbonyl (C=O) groups is 3.